The number of aliphatic imine (C=N–C) groups is 1. The molecule has 2 heteroatoms. The summed E-state index contributed by atoms with van der Waals surface area (Å²) in [5.41, 5.74) is 2.06. The zero-order chi connectivity index (χ0) is 12.6. The van der Waals surface area contributed by atoms with Gasteiger partial charge in [0.2, 0.25) is 0 Å². The van der Waals surface area contributed by atoms with Gasteiger partial charge in [0, 0.05) is 12.6 Å². The number of nitrogens with zero attached hydrogens (tertiary/aromatic N) is 1. The molecule has 0 aromatic heterocycles. The van der Waals surface area contributed by atoms with Gasteiger partial charge in [-0.15, -0.1) is 0 Å². The van der Waals surface area contributed by atoms with Crippen LogP contribution in [0.5, 0.6) is 0 Å². The summed E-state index contributed by atoms with van der Waals surface area (Å²) in [6.45, 7) is 0.240. The molecule has 90 valence electrons. The third-order valence-corrected chi connectivity index (χ3v) is 2.55. The van der Waals surface area contributed by atoms with E-state index < -0.39 is 0 Å². The second-order valence-electron chi connectivity index (χ2n) is 4.08. The molecule has 0 saturated carbocycles. The van der Waals surface area contributed by atoms with E-state index in [9.17, 15) is 4.79 Å². The Bertz CT molecular complexity index is 517. The lowest BCUT2D eigenvalue weighted by Crippen LogP contribution is -2.06. The van der Waals surface area contributed by atoms with Gasteiger partial charge in [-0.1, -0.05) is 60.7 Å². The Morgan fingerprint density at radius 3 is 2.22 bits per heavy atom. The fourth-order valence-electron chi connectivity index (χ4n) is 1.67. The zero-order valence-corrected chi connectivity index (χ0v) is 10.1. The van der Waals surface area contributed by atoms with E-state index in [0.29, 0.717) is 6.42 Å². The number of hydrogen-bond donors (Lipinski definition) is 0. The average Bonchev–Trinajstić information content (AvgIpc) is 2.41. The van der Waals surface area contributed by atoms with Gasteiger partial charge in [-0.2, -0.15) is 0 Å². The Balaban J connectivity index is 1.84. The molecule has 2 aromatic rings. The third-order valence-electron chi connectivity index (χ3n) is 2.55. The average molecular weight is 237 g/mol. The number of carbonyl (C=O) groups is 1. The van der Waals surface area contributed by atoms with Crippen molar-refractivity contribution in [1.29, 1.82) is 0 Å². The number of Topliss-reactive ketones (excluding diaryl/α,β-unsaturated/α-hetero) is 1. The fraction of sp³-hybridized carbons (Fsp3) is 0.125. The maximum Gasteiger partial charge on any atom is 0.158 e. The molecule has 0 aliphatic carbocycles. The lowest BCUT2D eigenvalue weighted by atomic mass is 10.1. The van der Waals surface area contributed by atoms with Crippen LogP contribution in [0.1, 0.15) is 11.1 Å². The maximum atomic E-state index is 11.7. The first-order valence-corrected chi connectivity index (χ1v) is 5.95. The van der Waals surface area contributed by atoms with Gasteiger partial charge in [-0.05, 0) is 11.1 Å². The molecule has 0 atom stereocenters. The number of ketones is 1. The Morgan fingerprint density at radius 1 is 0.944 bits per heavy atom. The van der Waals surface area contributed by atoms with Crippen molar-refractivity contribution in [2.75, 3.05) is 6.54 Å². The van der Waals surface area contributed by atoms with Crippen LogP contribution < -0.4 is 0 Å². The van der Waals surface area contributed by atoms with E-state index in [-0.39, 0.29) is 12.3 Å². The summed E-state index contributed by atoms with van der Waals surface area (Å²) in [7, 11) is 0. The largest absolute Gasteiger partial charge is 0.297 e. The molecule has 0 spiro atoms. The molecule has 2 rings (SSSR count). The van der Waals surface area contributed by atoms with Crippen molar-refractivity contribution in [3.8, 4) is 0 Å². The molecular weight excluding hydrogens is 222 g/mol. The highest BCUT2D eigenvalue weighted by molar-refractivity contribution is 5.86. The first-order chi connectivity index (χ1) is 8.84. The highest BCUT2D eigenvalue weighted by atomic mass is 16.1. The Labute approximate surface area is 107 Å². The quantitative estimate of drug-likeness (QED) is 0.735. The van der Waals surface area contributed by atoms with Crippen molar-refractivity contribution in [2.24, 2.45) is 4.99 Å². The predicted molar refractivity (Wildman–Crippen MR) is 74.1 cm³/mol. The van der Waals surface area contributed by atoms with Crippen LogP contribution in [-0.4, -0.2) is 18.5 Å². The second kappa shape index (κ2) is 6.50. The Morgan fingerprint density at radius 2 is 1.56 bits per heavy atom. The highest BCUT2D eigenvalue weighted by Gasteiger charge is 2.01. The SMILES string of the molecule is O=C(CN=Cc1ccccc1)Cc1ccccc1. The van der Waals surface area contributed by atoms with Gasteiger partial charge in [0.05, 0.1) is 6.54 Å². The first-order valence-electron chi connectivity index (χ1n) is 5.95. The predicted octanol–water partition coefficient (Wildman–Crippen LogP) is 2.92. The summed E-state index contributed by atoms with van der Waals surface area (Å²) >= 11 is 0. The van der Waals surface area contributed by atoms with Gasteiger partial charge in [0.15, 0.2) is 5.78 Å². The Hall–Kier alpha value is -2.22. The lowest BCUT2D eigenvalue weighted by molar-refractivity contribution is -0.117. The van der Waals surface area contributed by atoms with E-state index in [1.807, 2.05) is 60.7 Å². The van der Waals surface area contributed by atoms with Crippen LogP contribution in [0.3, 0.4) is 0 Å². The van der Waals surface area contributed by atoms with Gasteiger partial charge >= 0.3 is 0 Å². The van der Waals surface area contributed by atoms with E-state index in [0.717, 1.165) is 11.1 Å². The number of hydrogen-bond acceptors (Lipinski definition) is 2. The van der Waals surface area contributed by atoms with Gasteiger partial charge in [-0.25, -0.2) is 0 Å². The minimum Gasteiger partial charge on any atom is -0.297 e. The summed E-state index contributed by atoms with van der Waals surface area (Å²) < 4.78 is 0. The van der Waals surface area contributed by atoms with Crippen molar-refractivity contribution < 1.29 is 4.79 Å². The van der Waals surface area contributed by atoms with E-state index in [2.05, 4.69) is 4.99 Å². The second-order valence-corrected chi connectivity index (χ2v) is 4.08. The third kappa shape index (κ3) is 3.98. The molecule has 0 N–H and O–H groups in total. The molecule has 18 heavy (non-hydrogen) atoms. The number of carbonyl (C=O) groups excluding carboxylic acids is 1. The summed E-state index contributed by atoms with van der Waals surface area (Å²) in [6, 6.07) is 19.5. The van der Waals surface area contributed by atoms with Gasteiger partial charge < -0.3 is 0 Å². The summed E-state index contributed by atoms with van der Waals surface area (Å²) in [5.74, 6) is 0.133. The zero-order valence-electron chi connectivity index (χ0n) is 10.1. The minimum absolute atomic E-state index is 0.133. The van der Waals surface area contributed by atoms with Crippen molar-refractivity contribution in [2.45, 2.75) is 6.42 Å². The summed E-state index contributed by atoms with van der Waals surface area (Å²) in [6.07, 6.45) is 2.19. The van der Waals surface area contributed by atoms with Crippen molar-refractivity contribution in [3.63, 3.8) is 0 Å². The molecule has 0 heterocycles. The molecule has 0 fully saturated rings. The molecule has 2 aromatic carbocycles. The van der Waals surface area contributed by atoms with Crippen LogP contribution in [0.15, 0.2) is 65.7 Å². The molecular formula is C16H15NO. The maximum absolute atomic E-state index is 11.7. The molecule has 0 aliphatic heterocycles. The van der Waals surface area contributed by atoms with E-state index in [1.54, 1.807) is 6.21 Å². The van der Waals surface area contributed by atoms with E-state index in [1.165, 1.54) is 0 Å². The molecule has 2 nitrogen and oxygen atoms in total. The van der Waals surface area contributed by atoms with Crippen LogP contribution in [0.25, 0.3) is 0 Å². The normalized spacial score (nSPS) is 10.7. The number of rotatable bonds is 5. The van der Waals surface area contributed by atoms with Crippen molar-refractivity contribution >= 4 is 12.0 Å². The van der Waals surface area contributed by atoms with Crippen LogP contribution >= 0.6 is 0 Å². The standard InChI is InChI=1S/C16H15NO/c18-16(11-14-7-3-1-4-8-14)13-17-12-15-9-5-2-6-10-15/h1-10,12H,11,13H2. The van der Waals surface area contributed by atoms with Crippen LogP contribution in [0, 0.1) is 0 Å². The Kier molecular flexibility index (Phi) is 4.42. The van der Waals surface area contributed by atoms with E-state index >= 15 is 0 Å². The minimum atomic E-state index is 0.133. The lowest BCUT2D eigenvalue weighted by Gasteiger charge is -1.98. The van der Waals surface area contributed by atoms with Crippen LogP contribution in [-0.2, 0) is 11.2 Å². The molecule has 0 saturated heterocycles. The molecule has 0 bridgehead atoms. The monoisotopic (exact) mass is 237 g/mol. The van der Waals surface area contributed by atoms with Crippen LogP contribution in [0.4, 0.5) is 0 Å². The van der Waals surface area contributed by atoms with Crippen molar-refractivity contribution in [3.05, 3.63) is 71.8 Å². The summed E-state index contributed by atoms with van der Waals surface area (Å²) in [4.78, 5) is 15.9. The van der Waals surface area contributed by atoms with Crippen LogP contribution in [0.2, 0.25) is 0 Å². The van der Waals surface area contributed by atoms with Gasteiger partial charge in [-0.3, -0.25) is 9.79 Å². The fourth-order valence-corrected chi connectivity index (χ4v) is 1.67. The van der Waals surface area contributed by atoms with Gasteiger partial charge in [0.1, 0.15) is 0 Å². The molecule has 0 amide bonds. The topological polar surface area (TPSA) is 29.4 Å². The van der Waals surface area contributed by atoms with E-state index in [4.69, 9.17) is 0 Å². The molecule has 0 unspecified atom stereocenters. The van der Waals surface area contributed by atoms with Crippen molar-refractivity contribution in [1.82, 2.24) is 0 Å². The first kappa shape index (κ1) is 12.2. The summed E-state index contributed by atoms with van der Waals surface area (Å²) in [5, 5.41) is 0. The van der Waals surface area contributed by atoms with Gasteiger partial charge in [0.25, 0.3) is 0 Å². The number of benzene rings is 2. The smallest absolute Gasteiger partial charge is 0.158 e. The molecule has 0 aliphatic rings. The molecule has 0 radical (unpaired) electrons. The highest BCUT2D eigenvalue weighted by Crippen LogP contribution is 2.00.